The first-order chi connectivity index (χ1) is 8.18. The number of carbonyl (C=O) groups excluding carboxylic acids is 2. The quantitative estimate of drug-likeness (QED) is 0.643. The zero-order valence-corrected chi connectivity index (χ0v) is 9.85. The van der Waals surface area contributed by atoms with Crippen LogP contribution in [0.4, 0.5) is 0 Å². The number of rotatable bonds is 3. The van der Waals surface area contributed by atoms with Crippen molar-refractivity contribution in [1.82, 2.24) is 10.2 Å². The summed E-state index contributed by atoms with van der Waals surface area (Å²) in [6, 6.07) is -0.592. The lowest BCUT2D eigenvalue weighted by Gasteiger charge is -2.34. The predicted molar refractivity (Wildman–Crippen MR) is 61.1 cm³/mol. The van der Waals surface area contributed by atoms with Gasteiger partial charge in [0.15, 0.2) is 0 Å². The highest BCUT2D eigenvalue weighted by atomic mass is 16.5. The number of nitrogens with zero attached hydrogens (tertiary/aromatic N) is 1. The molecule has 17 heavy (non-hydrogen) atoms. The molecule has 96 valence electrons. The average molecular weight is 241 g/mol. The molecular weight excluding hydrogens is 222 g/mol. The van der Waals surface area contributed by atoms with Gasteiger partial charge in [0.25, 0.3) is 0 Å². The molecule has 6 heteroatoms. The number of carbonyl (C=O) groups is 2. The van der Waals surface area contributed by atoms with Crippen LogP contribution < -0.4 is 11.1 Å². The lowest BCUT2D eigenvalue weighted by atomic mass is 10.0. The SMILES string of the molecule is NC(=O)C1COCCN1C(=O)CC1CCNC1. The number of nitrogens with two attached hydrogens (primary N) is 1. The molecule has 0 radical (unpaired) electrons. The molecule has 3 N–H and O–H groups in total. The first-order valence-corrected chi connectivity index (χ1v) is 6.05. The summed E-state index contributed by atoms with van der Waals surface area (Å²) in [6.45, 7) is 3.03. The molecule has 2 atom stereocenters. The Morgan fingerprint density at radius 3 is 2.94 bits per heavy atom. The van der Waals surface area contributed by atoms with Crippen molar-refractivity contribution in [2.45, 2.75) is 18.9 Å². The number of nitrogens with one attached hydrogen (secondary N) is 1. The third kappa shape index (κ3) is 2.95. The molecule has 2 fully saturated rings. The van der Waals surface area contributed by atoms with E-state index in [0.29, 0.717) is 25.5 Å². The number of morpholine rings is 1. The van der Waals surface area contributed by atoms with E-state index in [-0.39, 0.29) is 12.5 Å². The fourth-order valence-electron chi connectivity index (χ4n) is 2.39. The predicted octanol–water partition coefficient (Wildman–Crippen LogP) is -1.30. The minimum absolute atomic E-state index is 0.0193. The second-order valence-electron chi connectivity index (χ2n) is 4.64. The highest BCUT2D eigenvalue weighted by molar-refractivity contribution is 5.87. The van der Waals surface area contributed by atoms with Crippen LogP contribution in [-0.2, 0) is 14.3 Å². The molecule has 0 aromatic rings. The summed E-state index contributed by atoms with van der Waals surface area (Å²) in [5.41, 5.74) is 5.28. The number of amides is 2. The molecule has 2 saturated heterocycles. The van der Waals surface area contributed by atoms with Gasteiger partial charge >= 0.3 is 0 Å². The van der Waals surface area contributed by atoms with Crippen LogP contribution in [0.5, 0.6) is 0 Å². The largest absolute Gasteiger partial charge is 0.377 e. The second kappa shape index (κ2) is 5.46. The summed E-state index contributed by atoms with van der Waals surface area (Å²) in [7, 11) is 0. The van der Waals surface area contributed by atoms with Crippen molar-refractivity contribution in [2.75, 3.05) is 32.8 Å². The number of hydrogen-bond acceptors (Lipinski definition) is 4. The lowest BCUT2D eigenvalue weighted by molar-refractivity contribution is -0.147. The van der Waals surface area contributed by atoms with E-state index in [1.165, 1.54) is 0 Å². The molecule has 0 saturated carbocycles. The van der Waals surface area contributed by atoms with E-state index in [2.05, 4.69) is 5.32 Å². The van der Waals surface area contributed by atoms with E-state index < -0.39 is 11.9 Å². The molecule has 0 aromatic carbocycles. The van der Waals surface area contributed by atoms with Gasteiger partial charge in [-0.25, -0.2) is 0 Å². The molecule has 0 bridgehead atoms. The summed E-state index contributed by atoms with van der Waals surface area (Å²) < 4.78 is 5.19. The van der Waals surface area contributed by atoms with Crippen LogP contribution in [0.15, 0.2) is 0 Å². The first-order valence-electron chi connectivity index (χ1n) is 6.05. The summed E-state index contributed by atoms with van der Waals surface area (Å²) in [6.07, 6.45) is 1.52. The fourth-order valence-corrected chi connectivity index (χ4v) is 2.39. The van der Waals surface area contributed by atoms with Gasteiger partial charge in [-0.3, -0.25) is 9.59 Å². The highest BCUT2D eigenvalue weighted by Gasteiger charge is 2.32. The van der Waals surface area contributed by atoms with Crippen molar-refractivity contribution in [2.24, 2.45) is 11.7 Å². The topological polar surface area (TPSA) is 84.7 Å². The summed E-state index contributed by atoms with van der Waals surface area (Å²) >= 11 is 0. The molecule has 2 rings (SSSR count). The summed E-state index contributed by atoms with van der Waals surface area (Å²) in [5, 5.41) is 3.23. The molecule has 0 aromatic heterocycles. The molecule has 0 aliphatic carbocycles. The van der Waals surface area contributed by atoms with Gasteiger partial charge in [0.05, 0.1) is 13.2 Å². The average Bonchev–Trinajstić information content (AvgIpc) is 2.81. The number of ether oxygens (including phenoxy) is 1. The first kappa shape index (κ1) is 12.3. The Morgan fingerprint density at radius 2 is 2.29 bits per heavy atom. The maximum atomic E-state index is 12.1. The Hall–Kier alpha value is -1.14. The van der Waals surface area contributed by atoms with Crippen molar-refractivity contribution < 1.29 is 14.3 Å². The van der Waals surface area contributed by atoms with E-state index in [1.54, 1.807) is 4.90 Å². The van der Waals surface area contributed by atoms with E-state index in [1.807, 2.05) is 0 Å². The monoisotopic (exact) mass is 241 g/mol. The third-order valence-electron chi connectivity index (χ3n) is 3.40. The van der Waals surface area contributed by atoms with Crippen LogP contribution in [0.25, 0.3) is 0 Å². The van der Waals surface area contributed by atoms with Gasteiger partial charge in [-0.15, -0.1) is 0 Å². The van der Waals surface area contributed by atoms with Gasteiger partial charge in [0.1, 0.15) is 6.04 Å². The molecule has 6 nitrogen and oxygen atoms in total. The zero-order valence-electron chi connectivity index (χ0n) is 9.85. The van der Waals surface area contributed by atoms with Gasteiger partial charge in [0.2, 0.25) is 11.8 Å². The van der Waals surface area contributed by atoms with Crippen molar-refractivity contribution in [1.29, 1.82) is 0 Å². The van der Waals surface area contributed by atoms with Crippen LogP contribution in [0.3, 0.4) is 0 Å². The minimum atomic E-state index is -0.592. The van der Waals surface area contributed by atoms with Crippen LogP contribution >= 0.6 is 0 Å². The Bertz CT molecular complexity index is 302. The van der Waals surface area contributed by atoms with Crippen LogP contribution in [0.1, 0.15) is 12.8 Å². The van der Waals surface area contributed by atoms with Crippen molar-refractivity contribution in [3.63, 3.8) is 0 Å². The van der Waals surface area contributed by atoms with E-state index in [9.17, 15) is 9.59 Å². The summed E-state index contributed by atoms with van der Waals surface area (Å²) in [5.74, 6) is -0.0766. The molecular formula is C11H19N3O3. The van der Waals surface area contributed by atoms with Crippen LogP contribution in [0.2, 0.25) is 0 Å². The standard InChI is InChI=1S/C11H19N3O3/c12-11(16)9-7-17-4-3-14(9)10(15)5-8-1-2-13-6-8/h8-9,13H,1-7H2,(H2,12,16). The Kier molecular flexibility index (Phi) is 3.96. The Labute approximate surface area is 100 Å². The van der Waals surface area contributed by atoms with Gasteiger partial charge in [-0.05, 0) is 25.4 Å². The summed E-state index contributed by atoms with van der Waals surface area (Å²) in [4.78, 5) is 24.9. The van der Waals surface area contributed by atoms with Crippen molar-refractivity contribution in [3.8, 4) is 0 Å². The maximum absolute atomic E-state index is 12.1. The molecule has 2 aliphatic rings. The normalized spacial score (nSPS) is 29.3. The molecule has 2 aliphatic heterocycles. The Morgan fingerprint density at radius 1 is 1.47 bits per heavy atom. The molecule has 2 heterocycles. The fraction of sp³-hybridized carbons (Fsp3) is 0.818. The highest BCUT2D eigenvalue weighted by Crippen LogP contribution is 2.16. The number of hydrogen-bond donors (Lipinski definition) is 2. The zero-order chi connectivity index (χ0) is 12.3. The van der Waals surface area contributed by atoms with Crippen LogP contribution in [-0.4, -0.2) is 55.6 Å². The van der Waals surface area contributed by atoms with Gasteiger partial charge in [-0.2, -0.15) is 0 Å². The number of primary amides is 1. The molecule has 2 unspecified atom stereocenters. The third-order valence-corrected chi connectivity index (χ3v) is 3.40. The smallest absolute Gasteiger partial charge is 0.242 e. The van der Waals surface area contributed by atoms with Gasteiger partial charge in [0, 0.05) is 13.0 Å². The van der Waals surface area contributed by atoms with E-state index in [4.69, 9.17) is 10.5 Å². The maximum Gasteiger partial charge on any atom is 0.242 e. The van der Waals surface area contributed by atoms with Gasteiger partial charge < -0.3 is 20.7 Å². The molecule has 0 spiro atoms. The van der Waals surface area contributed by atoms with E-state index >= 15 is 0 Å². The van der Waals surface area contributed by atoms with Gasteiger partial charge in [-0.1, -0.05) is 0 Å². The van der Waals surface area contributed by atoms with Crippen LogP contribution in [0, 0.1) is 5.92 Å². The second-order valence-corrected chi connectivity index (χ2v) is 4.64. The molecule has 2 amide bonds. The minimum Gasteiger partial charge on any atom is -0.377 e. The van der Waals surface area contributed by atoms with Crippen molar-refractivity contribution >= 4 is 11.8 Å². The lowest BCUT2D eigenvalue weighted by Crippen LogP contribution is -2.55. The van der Waals surface area contributed by atoms with E-state index in [0.717, 1.165) is 19.5 Å². The Balaban J connectivity index is 1.93. The van der Waals surface area contributed by atoms with Crippen molar-refractivity contribution in [3.05, 3.63) is 0 Å².